The van der Waals surface area contributed by atoms with Crippen molar-refractivity contribution < 1.29 is 13.9 Å². The van der Waals surface area contributed by atoms with Crippen LogP contribution in [0, 0.1) is 0 Å². The van der Waals surface area contributed by atoms with Crippen LogP contribution in [0.5, 0.6) is 0 Å². The highest BCUT2D eigenvalue weighted by Crippen LogP contribution is 2.67. The summed E-state index contributed by atoms with van der Waals surface area (Å²) in [5, 5.41) is -1.34. The largest absolute Gasteiger partial charge is 0.405 e. The second-order valence-electron chi connectivity index (χ2n) is 9.02. The molecule has 0 saturated heterocycles. The topological polar surface area (TPSA) is 61.2 Å². The molecule has 1 heterocycles. The van der Waals surface area contributed by atoms with Gasteiger partial charge in [0.1, 0.15) is 0 Å². The molecule has 0 aliphatic heterocycles. The number of aromatic nitrogens is 2. The van der Waals surface area contributed by atoms with Crippen LogP contribution in [0.2, 0.25) is 0 Å². The normalized spacial score (nSPS) is 12.9. The van der Waals surface area contributed by atoms with Crippen molar-refractivity contribution in [2.24, 2.45) is 0 Å². The monoisotopic (exact) mass is 404 g/mol. The standard InChI is InChI=1S/C22H33N2O3P/c1-9-16-12-11-13-17(10-2)18(16)24-15-14-23-19(24)20(25)27-28(26,21(3,4)5)22(6,7)8/h11-15H,9-10H2,1-8H3. The molecule has 0 amide bonds. The van der Waals surface area contributed by atoms with Crippen molar-refractivity contribution >= 4 is 13.3 Å². The maximum atomic E-state index is 13.8. The first-order valence-corrected chi connectivity index (χ1v) is 11.5. The van der Waals surface area contributed by atoms with E-state index in [0.29, 0.717) is 0 Å². The third-order valence-corrected chi connectivity index (χ3v) is 8.96. The van der Waals surface area contributed by atoms with Crippen LogP contribution < -0.4 is 0 Å². The van der Waals surface area contributed by atoms with Crippen LogP contribution in [0.25, 0.3) is 5.69 Å². The summed E-state index contributed by atoms with van der Waals surface area (Å²) >= 11 is 0. The van der Waals surface area contributed by atoms with Crippen LogP contribution in [-0.2, 0) is 21.9 Å². The molecular weight excluding hydrogens is 371 g/mol. The lowest BCUT2D eigenvalue weighted by Gasteiger charge is -2.39. The first-order valence-electron chi connectivity index (χ1n) is 9.86. The molecule has 0 aliphatic rings. The van der Waals surface area contributed by atoms with Gasteiger partial charge in [0.15, 0.2) is 0 Å². The highest BCUT2D eigenvalue weighted by molar-refractivity contribution is 7.62. The SMILES string of the molecule is CCc1cccc(CC)c1-n1ccnc1C(=O)OP(=O)(C(C)(C)C)C(C)(C)C. The minimum Gasteiger partial charge on any atom is -0.405 e. The van der Waals surface area contributed by atoms with E-state index in [4.69, 9.17) is 4.52 Å². The van der Waals surface area contributed by atoms with Crippen molar-refractivity contribution in [2.75, 3.05) is 0 Å². The summed E-state index contributed by atoms with van der Waals surface area (Å²) < 4.78 is 21.3. The number of rotatable bonds is 5. The fraction of sp³-hybridized carbons (Fsp3) is 0.545. The van der Waals surface area contributed by atoms with Crippen molar-refractivity contribution in [3.8, 4) is 5.69 Å². The Bertz CT molecular complexity index is 861. The molecule has 0 spiro atoms. The van der Waals surface area contributed by atoms with E-state index in [1.807, 2.05) is 47.6 Å². The summed E-state index contributed by atoms with van der Waals surface area (Å²) in [4.78, 5) is 17.4. The second kappa shape index (κ2) is 7.87. The van der Waals surface area contributed by atoms with Crippen LogP contribution in [0.15, 0.2) is 30.6 Å². The number of carbonyl (C=O) groups is 1. The first-order chi connectivity index (χ1) is 12.9. The number of aryl methyl sites for hydroxylation is 2. The molecule has 0 atom stereocenters. The highest BCUT2D eigenvalue weighted by Gasteiger charge is 2.50. The van der Waals surface area contributed by atoms with Crippen molar-refractivity contribution in [2.45, 2.75) is 78.5 Å². The predicted octanol–water partition coefficient (Wildman–Crippen LogP) is 6.03. The van der Waals surface area contributed by atoms with E-state index < -0.39 is 23.7 Å². The fourth-order valence-corrected chi connectivity index (χ4v) is 6.47. The number of carbonyl (C=O) groups excluding carboxylic acids is 1. The Morgan fingerprint density at radius 1 is 1.04 bits per heavy atom. The van der Waals surface area contributed by atoms with Crippen molar-refractivity contribution in [1.29, 1.82) is 0 Å². The van der Waals surface area contributed by atoms with E-state index in [9.17, 15) is 9.36 Å². The molecule has 0 bridgehead atoms. The Morgan fingerprint density at radius 2 is 1.54 bits per heavy atom. The molecule has 2 rings (SSSR count). The summed E-state index contributed by atoms with van der Waals surface area (Å²) in [6.07, 6.45) is 5.02. The molecule has 5 nitrogen and oxygen atoms in total. The third kappa shape index (κ3) is 3.96. The van der Waals surface area contributed by atoms with Gasteiger partial charge in [0.25, 0.3) is 7.37 Å². The molecule has 0 N–H and O–H groups in total. The van der Waals surface area contributed by atoms with E-state index >= 15 is 0 Å². The molecule has 0 aliphatic carbocycles. The Labute approximate surface area is 169 Å². The number of benzene rings is 1. The summed E-state index contributed by atoms with van der Waals surface area (Å²) in [5.74, 6) is -0.490. The van der Waals surface area contributed by atoms with Gasteiger partial charge >= 0.3 is 5.97 Å². The zero-order valence-electron chi connectivity index (χ0n) is 18.4. The van der Waals surface area contributed by atoms with Gasteiger partial charge in [-0.2, -0.15) is 0 Å². The van der Waals surface area contributed by atoms with Gasteiger partial charge in [-0.05, 0) is 24.0 Å². The fourth-order valence-electron chi connectivity index (χ4n) is 3.60. The smallest absolute Gasteiger partial charge is 0.379 e. The van der Waals surface area contributed by atoms with E-state index in [1.165, 1.54) is 0 Å². The van der Waals surface area contributed by atoms with Crippen LogP contribution in [0.3, 0.4) is 0 Å². The van der Waals surface area contributed by atoms with Crippen LogP contribution in [0.4, 0.5) is 0 Å². The molecule has 28 heavy (non-hydrogen) atoms. The number of nitrogens with zero attached hydrogens (tertiary/aromatic N) is 2. The summed E-state index contributed by atoms with van der Waals surface area (Å²) in [6.45, 7) is 15.3. The van der Waals surface area contributed by atoms with Crippen molar-refractivity contribution in [3.05, 3.63) is 47.5 Å². The van der Waals surface area contributed by atoms with Gasteiger partial charge in [-0.1, -0.05) is 73.6 Å². The van der Waals surface area contributed by atoms with Gasteiger partial charge in [0.05, 0.1) is 5.69 Å². The molecule has 0 saturated carbocycles. The summed E-state index contributed by atoms with van der Waals surface area (Å²) in [6, 6.07) is 6.14. The maximum Gasteiger partial charge on any atom is 0.379 e. The number of para-hydroxylation sites is 1. The van der Waals surface area contributed by atoms with Crippen LogP contribution in [-0.4, -0.2) is 25.8 Å². The van der Waals surface area contributed by atoms with Gasteiger partial charge in [0, 0.05) is 22.7 Å². The lowest BCUT2D eigenvalue weighted by atomic mass is 10.0. The minimum atomic E-state index is -3.34. The average molecular weight is 404 g/mol. The second-order valence-corrected chi connectivity index (χ2v) is 13.0. The molecule has 154 valence electrons. The predicted molar refractivity (Wildman–Crippen MR) is 115 cm³/mol. The minimum absolute atomic E-state index is 0.157. The Morgan fingerprint density at radius 3 is 1.96 bits per heavy atom. The first kappa shape index (κ1) is 22.4. The molecule has 0 radical (unpaired) electrons. The van der Waals surface area contributed by atoms with Crippen molar-refractivity contribution in [3.63, 3.8) is 0 Å². The van der Waals surface area contributed by atoms with E-state index in [1.54, 1.807) is 17.0 Å². The lowest BCUT2D eigenvalue weighted by Crippen LogP contribution is -2.32. The third-order valence-electron chi connectivity index (χ3n) is 5.01. The van der Waals surface area contributed by atoms with Gasteiger partial charge < -0.3 is 4.52 Å². The van der Waals surface area contributed by atoms with Crippen molar-refractivity contribution in [1.82, 2.24) is 9.55 Å². The average Bonchev–Trinajstić information content (AvgIpc) is 3.08. The molecular formula is C22H33N2O3P. The van der Waals surface area contributed by atoms with E-state index in [2.05, 4.69) is 31.0 Å². The Kier molecular flexibility index (Phi) is 6.30. The van der Waals surface area contributed by atoms with E-state index in [-0.39, 0.29) is 5.82 Å². The van der Waals surface area contributed by atoms with Crippen LogP contribution in [0.1, 0.15) is 77.1 Å². The van der Waals surface area contributed by atoms with Gasteiger partial charge in [0.2, 0.25) is 5.82 Å². The highest BCUT2D eigenvalue weighted by atomic mass is 31.2. The van der Waals surface area contributed by atoms with E-state index in [0.717, 1.165) is 29.7 Å². The van der Waals surface area contributed by atoms with Gasteiger partial charge in [-0.15, -0.1) is 0 Å². The summed E-state index contributed by atoms with van der Waals surface area (Å²) in [5.41, 5.74) is 3.21. The number of hydrogen-bond acceptors (Lipinski definition) is 4. The Hall–Kier alpha value is -1.87. The van der Waals surface area contributed by atoms with Gasteiger partial charge in [-0.3, -0.25) is 9.13 Å². The quantitative estimate of drug-likeness (QED) is 0.571. The lowest BCUT2D eigenvalue weighted by molar-refractivity contribution is 0.0712. The number of imidazole rings is 1. The van der Waals surface area contributed by atoms with Gasteiger partial charge in [-0.25, -0.2) is 9.78 Å². The Balaban J connectivity index is 2.56. The molecule has 0 unspecified atom stereocenters. The molecule has 2 aromatic rings. The summed E-state index contributed by atoms with van der Waals surface area (Å²) in [7, 11) is -3.34. The molecule has 6 heteroatoms. The number of hydrogen-bond donors (Lipinski definition) is 0. The molecule has 1 aromatic carbocycles. The zero-order chi connectivity index (χ0) is 21.3. The molecule has 1 aromatic heterocycles. The maximum absolute atomic E-state index is 13.8. The zero-order valence-corrected chi connectivity index (χ0v) is 19.3. The molecule has 0 fully saturated rings. The van der Waals surface area contributed by atoms with Crippen LogP contribution >= 0.6 is 7.37 Å².